The van der Waals surface area contributed by atoms with Crippen molar-refractivity contribution in [1.82, 2.24) is 9.66 Å². The average molecular weight is 643 g/mol. The lowest BCUT2D eigenvalue weighted by Crippen LogP contribution is -2.21. The Hall–Kier alpha value is -5.22. The summed E-state index contributed by atoms with van der Waals surface area (Å²) in [5.41, 5.74) is 3.40. The number of ether oxygens (including phenoxy) is 3. The third kappa shape index (κ3) is 6.87. The second kappa shape index (κ2) is 13.8. The first-order valence-electron chi connectivity index (χ1n) is 14.4. The molecule has 0 aliphatic heterocycles. The fourth-order valence-corrected chi connectivity index (χ4v) is 5.17. The van der Waals surface area contributed by atoms with E-state index in [4.69, 9.17) is 30.8 Å². The van der Waals surface area contributed by atoms with Crippen molar-refractivity contribution in [2.24, 2.45) is 5.10 Å². The molecule has 0 aliphatic rings. The molecule has 11 heteroatoms. The van der Waals surface area contributed by atoms with Crippen LogP contribution in [0, 0.1) is 12.7 Å². The zero-order chi connectivity index (χ0) is 33.0. The van der Waals surface area contributed by atoms with Crippen molar-refractivity contribution in [1.29, 1.82) is 0 Å². The number of para-hydroxylation sites is 1. The number of methoxy groups -OCH3 is 2. The van der Waals surface area contributed by atoms with Gasteiger partial charge in [-0.05, 0) is 78.6 Å². The number of benzene rings is 4. The van der Waals surface area contributed by atoms with E-state index in [1.165, 1.54) is 48.3 Å². The molecular weight excluding hydrogens is 611 g/mol. The summed E-state index contributed by atoms with van der Waals surface area (Å²) < 4.78 is 31.5. The van der Waals surface area contributed by atoms with E-state index in [9.17, 15) is 14.0 Å². The number of anilines is 1. The lowest BCUT2D eigenvalue weighted by Gasteiger charge is -2.17. The van der Waals surface area contributed by atoms with Crippen molar-refractivity contribution >= 4 is 40.3 Å². The fourth-order valence-electron chi connectivity index (χ4n) is 4.95. The van der Waals surface area contributed by atoms with Crippen LogP contribution >= 0.6 is 11.6 Å². The van der Waals surface area contributed by atoms with Crippen molar-refractivity contribution < 1.29 is 23.4 Å². The van der Waals surface area contributed by atoms with Gasteiger partial charge in [-0.3, -0.25) is 9.59 Å². The molecule has 0 fully saturated rings. The molecule has 0 atom stereocenters. The first kappa shape index (κ1) is 32.2. The highest BCUT2D eigenvalue weighted by molar-refractivity contribution is 6.31. The van der Waals surface area contributed by atoms with Crippen LogP contribution < -0.4 is 25.1 Å². The first-order chi connectivity index (χ1) is 22.1. The number of aryl methyl sites for hydroxylation is 1. The minimum Gasteiger partial charge on any atom is -0.496 e. The Morgan fingerprint density at radius 2 is 1.76 bits per heavy atom. The highest BCUT2D eigenvalue weighted by Crippen LogP contribution is 2.36. The summed E-state index contributed by atoms with van der Waals surface area (Å²) >= 11 is 6.40. The number of aromatic nitrogens is 2. The summed E-state index contributed by atoms with van der Waals surface area (Å²) in [5.74, 6) is 0.728. The number of hydrogen-bond acceptors (Lipinski definition) is 7. The molecule has 1 aromatic heterocycles. The number of nitrogens with one attached hydrogen (secondary N) is 1. The molecule has 5 aromatic rings. The third-order valence-electron chi connectivity index (χ3n) is 7.25. The van der Waals surface area contributed by atoms with Gasteiger partial charge in [-0.15, -0.1) is 0 Å². The highest BCUT2D eigenvalue weighted by atomic mass is 35.5. The number of rotatable bonds is 10. The monoisotopic (exact) mass is 642 g/mol. The number of nitrogens with zero attached hydrogens (tertiary/aromatic N) is 3. The Labute approximate surface area is 270 Å². The minimum atomic E-state index is -0.486. The van der Waals surface area contributed by atoms with Crippen LogP contribution in [0.5, 0.6) is 17.2 Å². The summed E-state index contributed by atoms with van der Waals surface area (Å²) in [4.78, 5) is 31.4. The minimum absolute atomic E-state index is 0.136. The van der Waals surface area contributed by atoms with E-state index in [1.54, 1.807) is 31.4 Å². The van der Waals surface area contributed by atoms with E-state index in [-0.39, 0.29) is 23.0 Å². The Balaban J connectivity index is 1.59. The third-order valence-corrected chi connectivity index (χ3v) is 7.47. The zero-order valence-corrected chi connectivity index (χ0v) is 26.7. The van der Waals surface area contributed by atoms with Gasteiger partial charge in [0.05, 0.1) is 31.3 Å². The predicted molar refractivity (Wildman–Crippen MR) is 178 cm³/mol. The van der Waals surface area contributed by atoms with E-state index >= 15 is 0 Å². The van der Waals surface area contributed by atoms with Crippen LogP contribution in [0.4, 0.5) is 10.1 Å². The van der Waals surface area contributed by atoms with Crippen molar-refractivity contribution in [3.8, 4) is 28.6 Å². The largest absolute Gasteiger partial charge is 0.496 e. The maximum atomic E-state index is 13.9. The molecule has 1 N–H and O–H groups in total. The van der Waals surface area contributed by atoms with Gasteiger partial charge in [-0.2, -0.15) is 9.78 Å². The smallest absolute Gasteiger partial charge is 0.282 e. The second-order valence-electron chi connectivity index (χ2n) is 10.7. The topological polar surface area (TPSA) is 104 Å². The van der Waals surface area contributed by atoms with Crippen molar-refractivity contribution in [3.63, 3.8) is 0 Å². The molecule has 4 aromatic carbocycles. The molecule has 236 valence electrons. The molecule has 0 radical (unpaired) electrons. The maximum Gasteiger partial charge on any atom is 0.282 e. The van der Waals surface area contributed by atoms with Gasteiger partial charge in [0.25, 0.3) is 11.5 Å². The van der Waals surface area contributed by atoms with E-state index in [0.29, 0.717) is 38.6 Å². The Morgan fingerprint density at radius 3 is 2.46 bits per heavy atom. The van der Waals surface area contributed by atoms with E-state index in [2.05, 4.69) is 24.3 Å². The number of fused-ring (bicyclic) bond motifs is 1. The van der Waals surface area contributed by atoms with Crippen LogP contribution in [0.1, 0.15) is 36.5 Å². The molecule has 0 unspecified atom stereocenters. The Bertz CT molecular complexity index is 2010. The predicted octanol–water partition coefficient (Wildman–Crippen LogP) is 7.20. The van der Waals surface area contributed by atoms with Crippen molar-refractivity contribution in [2.75, 3.05) is 26.1 Å². The summed E-state index contributed by atoms with van der Waals surface area (Å²) in [5, 5.41) is 7.95. The molecular formula is C35H32ClFN4O5. The fraction of sp³-hybridized carbons (Fsp3) is 0.200. The SMILES string of the molecule is COc1cc(C)c(-c2nc3ccccc3c(=O)n2N=Cc2cc(Cl)cc(OC)c2OCC(=O)Nc2ccc(F)cc2)cc1C(C)C. The number of amides is 1. The molecule has 1 heterocycles. The number of halogens is 2. The molecule has 0 saturated carbocycles. The van der Waals surface area contributed by atoms with Crippen molar-refractivity contribution in [2.45, 2.75) is 26.7 Å². The Kier molecular flexibility index (Phi) is 9.67. The normalized spacial score (nSPS) is 11.3. The molecule has 9 nitrogen and oxygen atoms in total. The molecule has 0 aliphatic carbocycles. The zero-order valence-electron chi connectivity index (χ0n) is 25.9. The molecule has 0 spiro atoms. The quantitative estimate of drug-likeness (QED) is 0.162. The Morgan fingerprint density at radius 1 is 1.04 bits per heavy atom. The lowest BCUT2D eigenvalue weighted by molar-refractivity contribution is -0.118. The maximum absolute atomic E-state index is 13.9. The van der Waals surface area contributed by atoms with Crippen LogP contribution in [0.2, 0.25) is 5.02 Å². The molecule has 0 bridgehead atoms. The van der Waals surface area contributed by atoms with Crippen LogP contribution in [-0.2, 0) is 4.79 Å². The van der Waals surface area contributed by atoms with Gasteiger partial charge in [0.15, 0.2) is 23.9 Å². The molecule has 5 rings (SSSR count). The van der Waals surface area contributed by atoms with Crippen LogP contribution in [0.25, 0.3) is 22.3 Å². The molecule has 1 amide bonds. The standard InChI is InChI=1S/C35H32ClFN4O5/c1-20(2)27-17-28(21(3)14-30(27)44-4)34-40-29-9-7-6-8-26(29)35(43)41(34)38-18-22-15-23(36)16-31(45-5)33(22)46-19-32(42)39-25-12-10-24(37)11-13-25/h6-18,20H,19H2,1-5H3,(H,39,42). The van der Waals surface area contributed by atoms with Crippen molar-refractivity contribution in [3.05, 3.63) is 111 Å². The van der Waals surface area contributed by atoms with Crippen LogP contribution in [0.15, 0.2) is 82.7 Å². The van der Waals surface area contributed by atoms with Gasteiger partial charge in [0.2, 0.25) is 0 Å². The summed E-state index contributed by atoms with van der Waals surface area (Å²) in [6.07, 6.45) is 1.41. The van der Waals surface area contributed by atoms with Crippen LogP contribution in [-0.4, -0.2) is 42.6 Å². The average Bonchev–Trinajstić information content (AvgIpc) is 3.04. The van der Waals surface area contributed by atoms with Gasteiger partial charge in [-0.1, -0.05) is 37.6 Å². The van der Waals surface area contributed by atoms with Gasteiger partial charge < -0.3 is 19.5 Å². The van der Waals surface area contributed by atoms with Gasteiger partial charge in [-0.25, -0.2) is 9.37 Å². The van der Waals surface area contributed by atoms with E-state index < -0.39 is 18.3 Å². The summed E-state index contributed by atoms with van der Waals surface area (Å²) in [6.45, 7) is 5.64. The summed E-state index contributed by atoms with van der Waals surface area (Å²) in [7, 11) is 3.06. The van der Waals surface area contributed by atoms with Gasteiger partial charge in [0, 0.05) is 27.9 Å². The first-order valence-corrected chi connectivity index (χ1v) is 14.8. The van der Waals surface area contributed by atoms with Crippen LogP contribution in [0.3, 0.4) is 0 Å². The second-order valence-corrected chi connectivity index (χ2v) is 11.2. The van der Waals surface area contributed by atoms with E-state index in [1.807, 2.05) is 25.1 Å². The lowest BCUT2D eigenvalue weighted by atomic mass is 9.96. The van der Waals surface area contributed by atoms with E-state index in [0.717, 1.165) is 16.9 Å². The number of carbonyl (C=O) groups is 1. The number of hydrogen-bond donors (Lipinski definition) is 1. The highest BCUT2D eigenvalue weighted by Gasteiger charge is 2.19. The van der Waals surface area contributed by atoms with Gasteiger partial charge >= 0.3 is 0 Å². The molecule has 46 heavy (non-hydrogen) atoms. The number of carbonyl (C=O) groups excluding carboxylic acids is 1. The molecule has 0 saturated heterocycles. The summed E-state index contributed by atoms with van der Waals surface area (Å²) in [6, 6.07) is 19.4. The van der Waals surface area contributed by atoms with Gasteiger partial charge in [0.1, 0.15) is 11.6 Å².